The molecule has 9 nitrogen and oxygen atoms in total. The van der Waals surface area contributed by atoms with Crippen LogP contribution in [0, 0.1) is 20.8 Å². The fraction of sp³-hybridized carbons (Fsp3) is 0.361. The Balaban J connectivity index is 1.37. The quantitative estimate of drug-likeness (QED) is 0.119. The Labute approximate surface area is 262 Å². The third-order valence-corrected chi connectivity index (χ3v) is 8.33. The van der Waals surface area contributed by atoms with Gasteiger partial charge < -0.3 is 14.2 Å². The van der Waals surface area contributed by atoms with Crippen LogP contribution in [-0.4, -0.2) is 53.8 Å². The molecule has 0 radical (unpaired) electrons. The average molecular weight is 610 g/mol. The number of carbonyl (C=O) groups is 4. The summed E-state index contributed by atoms with van der Waals surface area (Å²) in [5, 5.41) is 2.40. The fourth-order valence-corrected chi connectivity index (χ4v) is 5.72. The number of nitrogens with zero attached hydrogens (tertiary/aromatic N) is 3. The van der Waals surface area contributed by atoms with Gasteiger partial charge in [0, 0.05) is 67.5 Å². The summed E-state index contributed by atoms with van der Waals surface area (Å²) in [6.07, 6.45) is 2.09. The topological polar surface area (TPSA) is 109 Å². The second-order valence-electron chi connectivity index (χ2n) is 11.6. The molecular formula is C36H39N3O6. The van der Waals surface area contributed by atoms with Crippen LogP contribution in [0.15, 0.2) is 57.9 Å². The summed E-state index contributed by atoms with van der Waals surface area (Å²) in [7, 11) is 1.78. The van der Waals surface area contributed by atoms with Crippen molar-refractivity contribution in [2.75, 3.05) is 20.1 Å². The molecule has 2 aromatic carbocycles. The van der Waals surface area contributed by atoms with Crippen LogP contribution in [0.25, 0.3) is 33.4 Å². The van der Waals surface area contributed by atoms with E-state index < -0.39 is 17.8 Å². The molecule has 1 aliphatic carbocycles. The molecule has 0 spiro atoms. The van der Waals surface area contributed by atoms with Crippen molar-refractivity contribution >= 4 is 34.7 Å². The average Bonchev–Trinajstić information content (AvgIpc) is 3.33. The summed E-state index contributed by atoms with van der Waals surface area (Å²) in [5.41, 5.74) is 7.34. The lowest BCUT2D eigenvalue weighted by Gasteiger charge is -2.22. The first-order valence-electron chi connectivity index (χ1n) is 15.5. The number of benzene rings is 3. The Kier molecular flexibility index (Phi) is 9.46. The van der Waals surface area contributed by atoms with E-state index in [1.807, 2.05) is 44.2 Å². The Morgan fingerprint density at radius 3 is 2.36 bits per heavy atom. The summed E-state index contributed by atoms with van der Waals surface area (Å²) in [5.74, 6) is -0.974. The lowest BCUT2D eigenvalue weighted by molar-refractivity contribution is -0.197. The van der Waals surface area contributed by atoms with Crippen molar-refractivity contribution in [2.45, 2.75) is 66.2 Å². The minimum atomic E-state index is -0.609. The van der Waals surface area contributed by atoms with Gasteiger partial charge in [-0.05, 0) is 87.1 Å². The Bertz CT molecular complexity index is 1820. The van der Waals surface area contributed by atoms with Gasteiger partial charge in [-0.1, -0.05) is 24.6 Å². The molecule has 3 amide bonds. The highest BCUT2D eigenvalue weighted by Gasteiger charge is 2.32. The van der Waals surface area contributed by atoms with Crippen LogP contribution in [0.1, 0.15) is 72.5 Å². The van der Waals surface area contributed by atoms with E-state index in [0.717, 1.165) is 49.7 Å². The van der Waals surface area contributed by atoms with E-state index >= 15 is 0 Å². The maximum Gasteiger partial charge on any atom is 0.333 e. The molecule has 1 fully saturated rings. The number of hydrogen-bond donors (Lipinski definition) is 0. The Hall–Kier alpha value is -4.79. The van der Waals surface area contributed by atoms with Crippen molar-refractivity contribution in [1.82, 2.24) is 9.96 Å². The summed E-state index contributed by atoms with van der Waals surface area (Å²) in [6.45, 7) is 9.35. The van der Waals surface area contributed by atoms with Crippen LogP contribution < -0.4 is 5.36 Å². The van der Waals surface area contributed by atoms with Crippen LogP contribution in [-0.2, 0) is 19.2 Å². The summed E-state index contributed by atoms with van der Waals surface area (Å²) in [6, 6.07) is 16.0. The number of imide groups is 1. The van der Waals surface area contributed by atoms with Crippen molar-refractivity contribution in [2.24, 2.45) is 4.99 Å². The minimum Gasteiger partial charge on any atom is -0.456 e. The first-order valence-corrected chi connectivity index (χ1v) is 15.5. The van der Waals surface area contributed by atoms with Crippen LogP contribution >= 0.6 is 0 Å². The molecular weight excluding hydrogens is 570 g/mol. The van der Waals surface area contributed by atoms with Crippen LogP contribution in [0.4, 0.5) is 0 Å². The van der Waals surface area contributed by atoms with E-state index in [1.165, 1.54) is 0 Å². The molecule has 5 rings (SSSR count). The number of aryl methyl sites for hydroxylation is 3. The highest BCUT2D eigenvalue weighted by atomic mass is 16.7. The fourth-order valence-electron chi connectivity index (χ4n) is 5.72. The molecule has 0 unspecified atom stereocenters. The number of fused-ring (bicyclic) bond motifs is 2. The van der Waals surface area contributed by atoms with E-state index in [0.29, 0.717) is 48.7 Å². The van der Waals surface area contributed by atoms with Gasteiger partial charge in [-0.3, -0.25) is 19.4 Å². The summed E-state index contributed by atoms with van der Waals surface area (Å²) >= 11 is 0. The zero-order chi connectivity index (χ0) is 32.2. The van der Waals surface area contributed by atoms with Crippen molar-refractivity contribution in [3.8, 4) is 22.5 Å². The van der Waals surface area contributed by atoms with Crippen molar-refractivity contribution in [3.63, 3.8) is 0 Å². The zero-order valence-electron chi connectivity index (χ0n) is 26.6. The van der Waals surface area contributed by atoms with E-state index in [1.54, 1.807) is 11.9 Å². The lowest BCUT2D eigenvalue weighted by atomic mass is 9.88. The molecule has 0 atom stereocenters. The third-order valence-electron chi connectivity index (χ3n) is 8.33. The van der Waals surface area contributed by atoms with Gasteiger partial charge in [-0.2, -0.15) is 0 Å². The molecule has 1 saturated heterocycles. The highest BCUT2D eigenvalue weighted by Crippen LogP contribution is 2.42. The van der Waals surface area contributed by atoms with E-state index in [4.69, 9.17) is 9.25 Å². The maximum absolute atomic E-state index is 13.9. The maximum atomic E-state index is 13.9. The normalized spacial score (nSPS) is 13.7. The number of unbranched alkanes of at least 4 members (excludes halogenated alkanes) is 2. The summed E-state index contributed by atoms with van der Waals surface area (Å²) < 4.78 is 6.45. The van der Waals surface area contributed by atoms with Crippen molar-refractivity contribution in [1.29, 1.82) is 0 Å². The monoisotopic (exact) mass is 609 g/mol. The largest absolute Gasteiger partial charge is 0.456 e. The molecule has 0 aromatic heterocycles. The number of rotatable bonds is 10. The van der Waals surface area contributed by atoms with Gasteiger partial charge in [0.1, 0.15) is 11.3 Å². The first kappa shape index (κ1) is 31.6. The number of carbonyl (C=O) groups excluding carboxylic acids is 4. The van der Waals surface area contributed by atoms with E-state index in [-0.39, 0.29) is 25.2 Å². The Morgan fingerprint density at radius 1 is 0.911 bits per heavy atom. The van der Waals surface area contributed by atoms with E-state index in [2.05, 4.69) is 37.0 Å². The number of amides is 3. The molecule has 9 heteroatoms. The molecule has 0 bridgehead atoms. The van der Waals surface area contributed by atoms with E-state index in [9.17, 15) is 19.2 Å². The summed E-state index contributed by atoms with van der Waals surface area (Å²) in [4.78, 5) is 60.6. The molecule has 0 saturated carbocycles. The van der Waals surface area contributed by atoms with Crippen molar-refractivity contribution < 1.29 is 28.4 Å². The van der Waals surface area contributed by atoms with Gasteiger partial charge in [-0.15, -0.1) is 5.06 Å². The molecule has 0 N–H and O–H groups in total. The van der Waals surface area contributed by atoms with Gasteiger partial charge in [0.25, 0.3) is 17.7 Å². The number of hydroxylamine groups is 2. The van der Waals surface area contributed by atoms with Gasteiger partial charge in [0.05, 0.1) is 5.36 Å². The van der Waals surface area contributed by atoms with Crippen LogP contribution in [0.2, 0.25) is 0 Å². The predicted octanol–water partition coefficient (Wildman–Crippen LogP) is 6.29. The second kappa shape index (κ2) is 13.5. The van der Waals surface area contributed by atoms with Gasteiger partial charge in [0.2, 0.25) is 0 Å². The zero-order valence-corrected chi connectivity index (χ0v) is 26.6. The van der Waals surface area contributed by atoms with Crippen LogP contribution in [0.3, 0.4) is 0 Å². The first-order chi connectivity index (χ1) is 21.6. The third kappa shape index (κ3) is 6.67. The smallest absolute Gasteiger partial charge is 0.333 e. The highest BCUT2D eigenvalue weighted by molar-refractivity contribution is 6.09. The molecule has 2 aliphatic heterocycles. The molecule has 3 aliphatic rings. The molecule has 45 heavy (non-hydrogen) atoms. The van der Waals surface area contributed by atoms with Crippen molar-refractivity contribution in [3.05, 3.63) is 76.1 Å². The van der Waals surface area contributed by atoms with Crippen LogP contribution in [0.5, 0.6) is 0 Å². The predicted molar refractivity (Wildman–Crippen MR) is 171 cm³/mol. The second-order valence-corrected chi connectivity index (χ2v) is 11.6. The SMILES string of the molecule is CC/N=c1/cc2oc3cc(C)c(C)cc3c(-c3ccccc3C(=O)N(C)CCCCCC(=O)ON3C(=O)CCC3=O)c-2cc1C. The lowest BCUT2D eigenvalue weighted by Crippen LogP contribution is -2.32. The van der Waals surface area contributed by atoms with Gasteiger partial charge in [-0.25, -0.2) is 4.79 Å². The number of hydrogen-bond acceptors (Lipinski definition) is 7. The molecule has 2 aromatic rings. The molecule has 234 valence electrons. The molecule has 2 heterocycles. The Morgan fingerprint density at radius 2 is 1.62 bits per heavy atom. The van der Waals surface area contributed by atoms with Gasteiger partial charge >= 0.3 is 5.97 Å². The standard InChI is InChI=1S/C36H39N3O6/c1-6-37-29-21-31-28(19-24(29)4)35(27-18-22(2)23(3)20-30(27)44-31)25-12-9-10-13-26(25)36(43)38(5)17-11-7-8-14-34(42)45-39-32(40)15-16-33(39)41/h9-10,12-13,18-21H,6-8,11,14-17H2,1-5H3/b37-29-. The minimum absolute atomic E-state index is 0.0662. The van der Waals surface area contributed by atoms with Gasteiger partial charge in [0.15, 0.2) is 0 Å².